The van der Waals surface area contributed by atoms with E-state index in [0.29, 0.717) is 19.3 Å². The number of rotatable bonds is 46. The van der Waals surface area contributed by atoms with E-state index in [-0.39, 0.29) is 31.1 Å². The van der Waals surface area contributed by atoms with Gasteiger partial charge in [-0.2, -0.15) is 0 Å². The van der Waals surface area contributed by atoms with Gasteiger partial charge in [0.1, 0.15) is 13.2 Å². The van der Waals surface area contributed by atoms with E-state index in [1.807, 2.05) is 0 Å². The molecule has 1 unspecified atom stereocenters. The first-order chi connectivity index (χ1) is 31.0. The van der Waals surface area contributed by atoms with Crippen LogP contribution in [0.1, 0.15) is 239 Å². The van der Waals surface area contributed by atoms with E-state index in [2.05, 4.69) is 106 Å². The van der Waals surface area contributed by atoms with Crippen molar-refractivity contribution < 1.29 is 28.6 Å². The molecular weight excluding hydrogens is 781 g/mol. The first-order valence-electron chi connectivity index (χ1n) is 26.1. The van der Waals surface area contributed by atoms with Crippen LogP contribution >= 0.6 is 0 Å². The van der Waals surface area contributed by atoms with Crippen molar-refractivity contribution >= 4 is 17.9 Å². The van der Waals surface area contributed by atoms with Gasteiger partial charge >= 0.3 is 17.9 Å². The first kappa shape index (κ1) is 59.6. The number of ether oxygens (including phenoxy) is 3. The molecular formula is C57H96O6. The van der Waals surface area contributed by atoms with Crippen molar-refractivity contribution in [1.29, 1.82) is 0 Å². The van der Waals surface area contributed by atoms with Gasteiger partial charge in [0.25, 0.3) is 0 Å². The summed E-state index contributed by atoms with van der Waals surface area (Å²) in [6.07, 6.45) is 65.6. The van der Waals surface area contributed by atoms with E-state index in [1.54, 1.807) is 0 Å². The quantitative estimate of drug-likeness (QED) is 0.0262. The molecule has 0 bridgehead atoms. The van der Waals surface area contributed by atoms with E-state index < -0.39 is 6.10 Å². The highest BCUT2D eigenvalue weighted by atomic mass is 16.6. The molecule has 0 amide bonds. The van der Waals surface area contributed by atoms with Crippen LogP contribution in [0.25, 0.3) is 0 Å². The maximum atomic E-state index is 12.8. The molecule has 6 nitrogen and oxygen atoms in total. The Hall–Kier alpha value is -3.41. The predicted molar refractivity (Wildman–Crippen MR) is 270 cm³/mol. The van der Waals surface area contributed by atoms with Gasteiger partial charge < -0.3 is 14.2 Å². The van der Waals surface area contributed by atoms with Crippen molar-refractivity contribution in [3.8, 4) is 0 Å². The Labute approximate surface area is 388 Å². The highest BCUT2D eigenvalue weighted by Crippen LogP contribution is 2.13. The number of carbonyl (C=O) groups excluding carboxylic acids is 3. The summed E-state index contributed by atoms with van der Waals surface area (Å²) in [4.78, 5) is 38.0. The molecule has 6 heteroatoms. The average Bonchev–Trinajstić information content (AvgIpc) is 3.28. The lowest BCUT2D eigenvalue weighted by Gasteiger charge is -2.18. The van der Waals surface area contributed by atoms with Crippen LogP contribution in [0.15, 0.2) is 85.1 Å². The molecule has 0 aromatic carbocycles. The monoisotopic (exact) mass is 877 g/mol. The molecule has 360 valence electrons. The number of unbranched alkanes of at least 4 members (excludes halogenated alkanes) is 21. The molecule has 1 atom stereocenters. The Kier molecular flexibility index (Phi) is 48.5. The third-order valence-electron chi connectivity index (χ3n) is 10.9. The maximum Gasteiger partial charge on any atom is 0.306 e. The summed E-state index contributed by atoms with van der Waals surface area (Å²) in [5.41, 5.74) is 0. The van der Waals surface area contributed by atoms with E-state index in [1.165, 1.54) is 64.2 Å². The van der Waals surface area contributed by atoms with Crippen LogP contribution in [0.3, 0.4) is 0 Å². The van der Waals surface area contributed by atoms with Crippen molar-refractivity contribution in [3.63, 3.8) is 0 Å². The van der Waals surface area contributed by atoms with Gasteiger partial charge in [-0.25, -0.2) is 0 Å². The Balaban J connectivity index is 4.48. The second-order valence-electron chi connectivity index (χ2n) is 17.0. The van der Waals surface area contributed by atoms with Crippen LogP contribution < -0.4 is 0 Å². The minimum atomic E-state index is -0.802. The SMILES string of the molecule is CC/C=C\C/C=C\C/C=C\CCCCCC(=O)OCC(COC(=O)CCCCCCC/C=C\C/C=C\CCCCCC)OC(=O)CCCCCCC/C=C\C/C=C\CCCCCC. The van der Waals surface area contributed by atoms with Crippen molar-refractivity contribution in [3.05, 3.63) is 85.1 Å². The summed E-state index contributed by atoms with van der Waals surface area (Å²) in [7, 11) is 0. The highest BCUT2D eigenvalue weighted by molar-refractivity contribution is 5.71. The van der Waals surface area contributed by atoms with Gasteiger partial charge in [-0.15, -0.1) is 0 Å². The van der Waals surface area contributed by atoms with Gasteiger partial charge in [0.2, 0.25) is 0 Å². The third-order valence-corrected chi connectivity index (χ3v) is 10.9. The number of allylic oxidation sites excluding steroid dienone is 14. The van der Waals surface area contributed by atoms with Gasteiger partial charge in [0.15, 0.2) is 6.10 Å². The van der Waals surface area contributed by atoms with Gasteiger partial charge in [-0.3, -0.25) is 14.4 Å². The largest absolute Gasteiger partial charge is 0.462 e. The molecule has 63 heavy (non-hydrogen) atoms. The van der Waals surface area contributed by atoms with E-state index >= 15 is 0 Å². The van der Waals surface area contributed by atoms with Crippen LogP contribution in [-0.4, -0.2) is 37.2 Å². The van der Waals surface area contributed by atoms with Gasteiger partial charge in [-0.1, -0.05) is 189 Å². The third kappa shape index (κ3) is 49.5. The molecule has 0 aliphatic heterocycles. The molecule has 0 aliphatic rings. The summed E-state index contributed by atoms with van der Waals surface area (Å²) < 4.78 is 16.8. The first-order valence-corrected chi connectivity index (χ1v) is 26.1. The van der Waals surface area contributed by atoms with E-state index in [9.17, 15) is 14.4 Å². The van der Waals surface area contributed by atoms with Crippen molar-refractivity contribution in [2.24, 2.45) is 0 Å². The van der Waals surface area contributed by atoms with Gasteiger partial charge in [0.05, 0.1) is 0 Å². The van der Waals surface area contributed by atoms with Crippen LogP contribution in [0.4, 0.5) is 0 Å². The molecule has 0 N–H and O–H groups in total. The number of hydrogen-bond acceptors (Lipinski definition) is 6. The lowest BCUT2D eigenvalue weighted by molar-refractivity contribution is -0.167. The van der Waals surface area contributed by atoms with Crippen LogP contribution in [0, 0.1) is 0 Å². The highest BCUT2D eigenvalue weighted by Gasteiger charge is 2.19. The molecule has 0 saturated carbocycles. The molecule has 0 rings (SSSR count). The second-order valence-corrected chi connectivity index (χ2v) is 17.0. The van der Waals surface area contributed by atoms with E-state index in [0.717, 1.165) is 135 Å². The summed E-state index contributed by atoms with van der Waals surface area (Å²) in [6, 6.07) is 0. The Morgan fingerprint density at radius 2 is 0.619 bits per heavy atom. The minimum Gasteiger partial charge on any atom is -0.462 e. The Morgan fingerprint density at radius 1 is 0.333 bits per heavy atom. The fraction of sp³-hybridized carbons (Fsp3) is 0.702. The molecule has 0 aromatic rings. The number of hydrogen-bond donors (Lipinski definition) is 0. The second kappa shape index (κ2) is 51.2. The lowest BCUT2D eigenvalue weighted by Crippen LogP contribution is -2.30. The molecule has 0 saturated heterocycles. The van der Waals surface area contributed by atoms with Crippen LogP contribution in [0.5, 0.6) is 0 Å². The lowest BCUT2D eigenvalue weighted by atomic mass is 10.1. The zero-order valence-corrected chi connectivity index (χ0v) is 41.1. The average molecular weight is 877 g/mol. The van der Waals surface area contributed by atoms with Crippen LogP contribution in [-0.2, 0) is 28.6 Å². The standard InChI is InChI=1S/C57H96O6/c1-4-7-10-13-16-19-22-25-27-29-32-35-38-41-44-47-50-56(59)62-53-54(52-61-55(58)49-46-43-40-37-34-31-24-21-18-15-12-9-6-3)63-57(60)51-48-45-42-39-36-33-30-28-26-23-20-17-14-11-8-5-2/h9,12,18-23,27-31,34,54H,4-8,10-11,13-17,24-26,32-33,35-53H2,1-3H3/b12-9-,21-18-,22-19-,23-20-,29-27-,30-28-,34-31-. The maximum absolute atomic E-state index is 12.8. The fourth-order valence-electron chi connectivity index (χ4n) is 6.93. The molecule has 0 spiro atoms. The molecule has 0 radical (unpaired) electrons. The summed E-state index contributed by atoms with van der Waals surface area (Å²) in [6.45, 7) is 6.43. The number of carbonyl (C=O) groups is 3. The summed E-state index contributed by atoms with van der Waals surface area (Å²) in [5.74, 6) is -0.957. The normalized spacial score (nSPS) is 12.7. The topological polar surface area (TPSA) is 78.9 Å². The predicted octanol–water partition coefficient (Wildman–Crippen LogP) is 17.2. The Morgan fingerprint density at radius 3 is 0.984 bits per heavy atom. The zero-order chi connectivity index (χ0) is 45.8. The summed E-state index contributed by atoms with van der Waals surface area (Å²) >= 11 is 0. The molecule has 0 fully saturated rings. The number of esters is 3. The minimum absolute atomic E-state index is 0.0997. The van der Waals surface area contributed by atoms with Crippen molar-refractivity contribution in [2.75, 3.05) is 13.2 Å². The van der Waals surface area contributed by atoms with Crippen LogP contribution in [0.2, 0.25) is 0 Å². The van der Waals surface area contributed by atoms with Gasteiger partial charge in [-0.05, 0) is 116 Å². The smallest absolute Gasteiger partial charge is 0.306 e. The summed E-state index contributed by atoms with van der Waals surface area (Å²) in [5, 5.41) is 0. The fourth-order valence-corrected chi connectivity index (χ4v) is 6.93. The van der Waals surface area contributed by atoms with Crippen molar-refractivity contribution in [1.82, 2.24) is 0 Å². The molecule has 0 aromatic heterocycles. The molecule has 0 heterocycles. The van der Waals surface area contributed by atoms with Gasteiger partial charge in [0, 0.05) is 19.3 Å². The Bertz CT molecular complexity index is 1240. The zero-order valence-electron chi connectivity index (χ0n) is 41.1. The van der Waals surface area contributed by atoms with E-state index in [4.69, 9.17) is 14.2 Å². The van der Waals surface area contributed by atoms with Crippen molar-refractivity contribution in [2.45, 2.75) is 245 Å². The molecule has 0 aliphatic carbocycles.